The third kappa shape index (κ3) is 3.38. The molecule has 0 aromatic heterocycles. The first kappa shape index (κ1) is 17.4. The van der Waals surface area contributed by atoms with Crippen molar-refractivity contribution in [3.8, 4) is 22.3 Å². The number of hydrogen-bond acceptors (Lipinski definition) is 1. The summed E-state index contributed by atoms with van der Waals surface area (Å²) in [5, 5.41) is 0. The van der Waals surface area contributed by atoms with E-state index in [1.807, 2.05) is 0 Å². The van der Waals surface area contributed by atoms with Gasteiger partial charge >= 0.3 is 0 Å². The first-order valence-corrected chi connectivity index (χ1v) is 8.92. The Kier molecular flexibility index (Phi) is 4.78. The molecule has 0 unspecified atom stereocenters. The molecule has 25 heavy (non-hydrogen) atoms. The molecule has 1 atom stereocenters. The minimum absolute atomic E-state index is 0.0329. The van der Waals surface area contributed by atoms with E-state index in [1.165, 1.54) is 50.1 Å². The van der Waals surface area contributed by atoms with Gasteiger partial charge in [0.2, 0.25) is 0 Å². The molecule has 0 fully saturated rings. The normalized spacial score (nSPS) is 12.2. The monoisotopic (exact) mass is 329 g/mol. The van der Waals surface area contributed by atoms with Gasteiger partial charge in [0.1, 0.15) is 0 Å². The highest BCUT2D eigenvalue weighted by atomic mass is 14.6. The molecule has 0 saturated heterocycles. The summed E-state index contributed by atoms with van der Waals surface area (Å²) in [4.78, 5) is 0. The van der Waals surface area contributed by atoms with Crippen LogP contribution in [0.3, 0.4) is 0 Å². The Balaban J connectivity index is 2.24. The SMILES string of the molecule is Cc1ccc(-c2cccc(-c3ccc(C)c(C)c3)c2[C@@H](C)N)cc1C. The first-order chi connectivity index (χ1) is 11.9. The van der Waals surface area contributed by atoms with Crippen LogP contribution in [0.2, 0.25) is 0 Å². The fourth-order valence-electron chi connectivity index (χ4n) is 3.38. The highest BCUT2D eigenvalue weighted by Gasteiger charge is 2.15. The van der Waals surface area contributed by atoms with Crippen LogP contribution in [0.15, 0.2) is 54.6 Å². The number of rotatable bonds is 3. The summed E-state index contributed by atoms with van der Waals surface area (Å²) < 4.78 is 0. The first-order valence-electron chi connectivity index (χ1n) is 8.92. The molecule has 1 nitrogen and oxygen atoms in total. The molecule has 0 amide bonds. The lowest BCUT2D eigenvalue weighted by molar-refractivity contribution is 0.822. The summed E-state index contributed by atoms with van der Waals surface area (Å²) in [5.74, 6) is 0. The standard InChI is InChI=1S/C24H27N/c1-15-9-11-20(13-17(15)3)22-7-6-8-23(24(22)19(5)25)21-12-10-16(2)18(4)14-21/h6-14,19H,25H2,1-5H3/t19-/m1/s1. The summed E-state index contributed by atoms with van der Waals surface area (Å²) in [6, 6.07) is 19.8. The largest absolute Gasteiger partial charge is 0.324 e. The van der Waals surface area contributed by atoms with E-state index in [-0.39, 0.29) is 6.04 Å². The van der Waals surface area contributed by atoms with E-state index >= 15 is 0 Å². The zero-order valence-corrected chi connectivity index (χ0v) is 15.9. The van der Waals surface area contributed by atoms with E-state index in [0.29, 0.717) is 0 Å². The van der Waals surface area contributed by atoms with Crippen LogP contribution in [-0.4, -0.2) is 0 Å². The Morgan fingerprint density at radius 2 is 1.08 bits per heavy atom. The van der Waals surface area contributed by atoms with Crippen molar-refractivity contribution in [2.45, 2.75) is 40.7 Å². The lowest BCUT2D eigenvalue weighted by Crippen LogP contribution is -2.09. The van der Waals surface area contributed by atoms with Gasteiger partial charge in [0.15, 0.2) is 0 Å². The quantitative estimate of drug-likeness (QED) is 0.601. The zero-order chi connectivity index (χ0) is 18.1. The molecule has 3 aromatic carbocycles. The van der Waals surface area contributed by atoms with Crippen LogP contribution < -0.4 is 5.73 Å². The number of aryl methyl sites for hydroxylation is 4. The Morgan fingerprint density at radius 1 is 0.640 bits per heavy atom. The van der Waals surface area contributed by atoms with E-state index in [2.05, 4.69) is 89.2 Å². The Bertz CT molecular complexity index is 850. The maximum Gasteiger partial charge on any atom is 0.0278 e. The van der Waals surface area contributed by atoms with E-state index < -0.39 is 0 Å². The highest BCUT2D eigenvalue weighted by molar-refractivity contribution is 5.80. The molecule has 0 saturated carbocycles. The second-order valence-electron chi connectivity index (χ2n) is 7.15. The second kappa shape index (κ2) is 6.85. The molecule has 3 aromatic rings. The Morgan fingerprint density at radius 3 is 1.44 bits per heavy atom. The van der Waals surface area contributed by atoms with E-state index in [0.717, 1.165) is 0 Å². The highest BCUT2D eigenvalue weighted by Crippen LogP contribution is 2.36. The third-order valence-corrected chi connectivity index (χ3v) is 5.20. The van der Waals surface area contributed by atoms with Crippen LogP contribution in [0.4, 0.5) is 0 Å². The van der Waals surface area contributed by atoms with Gasteiger partial charge in [-0.05, 0) is 84.7 Å². The molecule has 128 valence electrons. The average molecular weight is 329 g/mol. The predicted octanol–water partition coefficient (Wildman–Crippen LogP) is 6.27. The van der Waals surface area contributed by atoms with Gasteiger partial charge in [0.25, 0.3) is 0 Å². The summed E-state index contributed by atoms with van der Waals surface area (Å²) in [5.41, 5.74) is 17.8. The summed E-state index contributed by atoms with van der Waals surface area (Å²) >= 11 is 0. The van der Waals surface area contributed by atoms with Crippen molar-refractivity contribution in [2.75, 3.05) is 0 Å². The molecule has 0 radical (unpaired) electrons. The minimum atomic E-state index is -0.0329. The van der Waals surface area contributed by atoms with Crippen LogP contribution in [0, 0.1) is 27.7 Å². The molecular formula is C24H27N. The molecule has 0 spiro atoms. The lowest BCUT2D eigenvalue weighted by atomic mass is 9.87. The minimum Gasteiger partial charge on any atom is -0.324 e. The van der Waals surface area contributed by atoms with Crippen LogP contribution in [0.5, 0.6) is 0 Å². The maximum absolute atomic E-state index is 6.43. The van der Waals surface area contributed by atoms with Crippen LogP contribution in [0.1, 0.15) is 40.8 Å². The van der Waals surface area contributed by atoms with E-state index in [1.54, 1.807) is 0 Å². The second-order valence-corrected chi connectivity index (χ2v) is 7.15. The van der Waals surface area contributed by atoms with Crippen LogP contribution in [-0.2, 0) is 0 Å². The van der Waals surface area contributed by atoms with Gasteiger partial charge < -0.3 is 5.73 Å². The number of nitrogens with two attached hydrogens (primary N) is 1. The Hall–Kier alpha value is -2.38. The fraction of sp³-hybridized carbons (Fsp3) is 0.250. The van der Waals surface area contributed by atoms with Gasteiger partial charge in [-0.3, -0.25) is 0 Å². The van der Waals surface area contributed by atoms with Crippen molar-refractivity contribution in [3.05, 3.63) is 82.4 Å². The molecule has 0 heterocycles. The predicted molar refractivity (Wildman–Crippen MR) is 109 cm³/mol. The fourth-order valence-corrected chi connectivity index (χ4v) is 3.38. The van der Waals surface area contributed by atoms with Gasteiger partial charge in [-0.25, -0.2) is 0 Å². The van der Waals surface area contributed by atoms with E-state index in [4.69, 9.17) is 5.73 Å². The zero-order valence-electron chi connectivity index (χ0n) is 15.9. The Labute approximate surface area is 151 Å². The van der Waals surface area contributed by atoms with Crippen molar-refractivity contribution < 1.29 is 0 Å². The van der Waals surface area contributed by atoms with Crippen LogP contribution in [0.25, 0.3) is 22.3 Å². The summed E-state index contributed by atoms with van der Waals surface area (Å²) in [6.45, 7) is 10.7. The van der Waals surface area contributed by atoms with Crippen molar-refractivity contribution in [2.24, 2.45) is 5.73 Å². The molecular weight excluding hydrogens is 302 g/mol. The van der Waals surface area contributed by atoms with Crippen molar-refractivity contribution in [1.82, 2.24) is 0 Å². The maximum atomic E-state index is 6.43. The lowest BCUT2D eigenvalue weighted by Gasteiger charge is -2.19. The van der Waals surface area contributed by atoms with Crippen molar-refractivity contribution in [1.29, 1.82) is 0 Å². The summed E-state index contributed by atoms with van der Waals surface area (Å²) in [6.07, 6.45) is 0. The number of benzene rings is 3. The van der Waals surface area contributed by atoms with Crippen molar-refractivity contribution in [3.63, 3.8) is 0 Å². The van der Waals surface area contributed by atoms with Crippen molar-refractivity contribution >= 4 is 0 Å². The van der Waals surface area contributed by atoms with Gasteiger partial charge in [-0.15, -0.1) is 0 Å². The van der Waals surface area contributed by atoms with Gasteiger partial charge in [0.05, 0.1) is 0 Å². The van der Waals surface area contributed by atoms with E-state index in [9.17, 15) is 0 Å². The molecule has 2 N–H and O–H groups in total. The summed E-state index contributed by atoms with van der Waals surface area (Å²) in [7, 11) is 0. The van der Waals surface area contributed by atoms with Gasteiger partial charge in [0, 0.05) is 6.04 Å². The molecule has 0 aliphatic rings. The smallest absolute Gasteiger partial charge is 0.0278 e. The average Bonchev–Trinajstić information content (AvgIpc) is 2.59. The third-order valence-electron chi connectivity index (χ3n) is 5.20. The topological polar surface area (TPSA) is 26.0 Å². The molecule has 0 aliphatic carbocycles. The molecule has 3 rings (SSSR count). The van der Waals surface area contributed by atoms with Crippen LogP contribution >= 0.6 is 0 Å². The molecule has 0 aliphatic heterocycles. The number of hydrogen-bond donors (Lipinski definition) is 1. The van der Waals surface area contributed by atoms with Gasteiger partial charge in [-0.1, -0.05) is 54.6 Å². The molecule has 1 heteroatoms. The van der Waals surface area contributed by atoms with Gasteiger partial charge in [-0.2, -0.15) is 0 Å². The molecule has 0 bridgehead atoms.